The van der Waals surface area contributed by atoms with Crippen molar-refractivity contribution in [3.8, 4) is 28.7 Å². The Labute approximate surface area is 172 Å². The number of aromatic carboxylic acids is 1. The van der Waals surface area contributed by atoms with E-state index in [1.54, 1.807) is 18.2 Å². The minimum absolute atomic E-state index is 0.132. The highest BCUT2D eigenvalue weighted by molar-refractivity contribution is 6.31. The Kier molecular flexibility index (Phi) is 4.56. The van der Waals surface area contributed by atoms with E-state index < -0.39 is 22.7 Å². The number of alkyl halides is 3. The van der Waals surface area contributed by atoms with E-state index in [1.165, 1.54) is 24.3 Å². The van der Waals surface area contributed by atoms with E-state index in [4.69, 9.17) is 21.6 Å². The fourth-order valence-electron chi connectivity index (χ4n) is 3.13. The summed E-state index contributed by atoms with van der Waals surface area (Å²) in [5.74, 6) is -0.687. The van der Waals surface area contributed by atoms with E-state index >= 15 is 0 Å². The van der Waals surface area contributed by atoms with Crippen molar-refractivity contribution in [3.05, 3.63) is 70.2 Å². The third kappa shape index (κ3) is 3.40. The molecule has 4 rings (SSSR count). The molecule has 5 nitrogen and oxygen atoms in total. The number of carbonyl (C=O) groups is 1. The van der Waals surface area contributed by atoms with Crippen molar-refractivity contribution in [3.63, 3.8) is 0 Å². The van der Waals surface area contributed by atoms with Crippen LogP contribution in [-0.2, 0) is 6.18 Å². The summed E-state index contributed by atoms with van der Waals surface area (Å²) in [7, 11) is 0. The molecule has 150 valence electrons. The largest absolute Gasteiger partial charge is 0.478 e. The molecule has 1 heterocycles. The summed E-state index contributed by atoms with van der Waals surface area (Å²) in [4.78, 5) is 11.6. The number of fused-ring (bicyclic) bond motifs is 2. The fourth-order valence-corrected chi connectivity index (χ4v) is 3.42. The van der Waals surface area contributed by atoms with Gasteiger partial charge in [0.1, 0.15) is 0 Å². The molecule has 0 atom stereocenters. The molecule has 3 aromatic rings. The minimum Gasteiger partial charge on any atom is -0.478 e. The molecule has 0 aromatic heterocycles. The second kappa shape index (κ2) is 6.97. The van der Waals surface area contributed by atoms with Gasteiger partial charge in [-0.15, -0.1) is 0 Å². The van der Waals surface area contributed by atoms with Crippen molar-refractivity contribution in [2.75, 3.05) is 5.32 Å². The summed E-state index contributed by atoms with van der Waals surface area (Å²) in [5, 5.41) is 21.1. The van der Waals surface area contributed by atoms with Gasteiger partial charge in [0.15, 0.2) is 11.5 Å². The van der Waals surface area contributed by atoms with E-state index in [9.17, 15) is 23.1 Å². The fraction of sp³-hybridized carbons (Fsp3) is 0.0476. The number of nitrogens with zero attached hydrogens (tertiary/aromatic N) is 1. The average molecular weight is 431 g/mol. The molecule has 0 fully saturated rings. The lowest BCUT2D eigenvalue weighted by Crippen LogP contribution is -2.09. The van der Waals surface area contributed by atoms with Gasteiger partial charge in [-0.05, 0) is 41.5 Å². The van der Waals surface area contributed by atoms with Gasteiger partial charge in [0.05, 0.1) is 39.2 Å². The number of ether oxygens (including phenoxy) is 1. The number of benzene rings is 3. The van der Waals surface area contributed by atoms with Gasteiger partial charge < -0.3 is 15.2 Å². The first-order chi connectivity index (χ1) is 14.2. The monoisotopic (exact) mass is 430 g/mol. The first-order valence-corrected chi connectivity index (χ1v) is 8.82. The number of hydrogen-bond donors (Lipinski definition) is 2. The van der Waals surface area contributed by atoms with Crippen LogP contribution < -0.4 is 10.1 Å². The molecule has 9 heteroatoms. The van der Waals surface area contributed by atoms with Gasteiger partial charge in [-0.2, -0.15) is 18.4 Å². The van der Waals surface area contributed by atoms with E-state index in [1.807, 2.05) is 6.07 Å². The van der Waals surface area contributed by atoms with Crippen LogP contribution in [0.5, 0.6) is 11.5 Å². The molecule has 0 radical (unpaired) electrons. The topological polar surface area (TPSA) is 82.4 Å². The lowest BCUT2D eigenvalue weighted by molar-refractivity contribution is -0.137. The zero-order valence-corrected chi connectivity index (χ0v) is 15.6. The molecular formula is C21H10ClF3N2O3. The summed E-state index contributed by atoms with van der Waals surface area (Å²) in [6, 6.07) is 12.8. The lowest BCUT2D eigenvalue weighted by Gasteiger charge is -2.24. The first kappa shape index (κ1) is 19.6. The van der Waals surface area contributed by atoms with Crippen LogP contribution in [0.1, 0.15) is 21.5 Å². The number of anilines is 2. The Morgan fingerprint density at radius 2 is 1.77 bits per heavy atom. The van der Waals surface area contributed by atoms with Crippen LogP contribution in [0.2, 0.25) is 5.02 Å². The van der Waals surface area contributed by atoms with Crippen molar-refractivity contribution < 1.29 is 27.8 Å². The average Bonchev–Trinajstić information content (AvgIpc) is 2.69. The van der Waals surface area contributed by atoms with E-state index in [0.717, 1.165) is 6.07 Å². The molecule has 1 aliphatic heterocycles. The van der Waals surface area contributed by atoms with Crippen LogP contribution in [0.25, 0.3) is 11.1 Å². The molecule has 0 unspecified atom stereocenters. The SMILES string of the molecule is N#Cc1cc2c(c(C(=O)O)c1)Nc1cc(-c3ccc(C(F)(F)F)c(Cl)c3)ccc1O2. The summed E-state index contributed by atoms with van der Waals surface area (Å²) < 4.78 is 44.5. The predicted molar refractivity (Wildman–Crippen MR) is 103 cm³/mol. The number of halogens is 4. The molecule has 3 aromatic carbocycles. The maximum absolute atomic E-state index is 12.9. The third-order valence-electron chi connectivity index (χ3n) is 4.53. The molecule has 0 bridgehead atoms. The summed E-state index contributed by atoms with van der Waals surface area (Å²) in [6.45, 7) is 0. The number of nitrogens with one attached hydrogen (secondary N) is 1. The molecule has 0 aliphatic carbocycles. The van der Waals surface area contributed by atoms with Gasteiger partial charge in [0.2, 0.25) is 0 Å². The minimum atomic E-state index is -4.56. The molecule has 0 saturated heterocycles. The quantitative estimate of drug-likeness (QED) is 0.382. The second-order valence-electron chi connectivity index (χ2n) is 6.44. The van der Waals surface area contributed by atoms with E-state index in [0.29, 0.717) is 22.6 Å². The molecular weight excluding hydrogens is 421 g/mol. The normalized spacial score (nSPS) is 12.1. The highest BCUT2D eigenvalue weighted by Gasteiger charge is 2.33. The lowest BCUT2D eigenvalue weighted by atomic mass is 10.0. The maximum atomic E-state index is 12.9. The van der Waals surface area contributed by atoms with Gasteiger partial charge in [0.25, 0.3) is 0 Å². The molecule has 30 heavy (non-hydrogen) atoms. The van der Waals surface area contributed by atoms with Crippen LogP contribution in [-0.4, -0.2) is 11.1 Å². The molecule has 0 amide bonds. The van der Waals surface area contributed by atoms with Crippen molar-refractivity contribution in [2.24, 2.45) is 0 Å². The molecule has 0 saturated carbocycles. The number of carboxylic acids is 1. The number of hydrogen-bond acceptors (Lipinski definition) is 4. The van der Waals surface area contributed by atoms with E-state index in [-0.39, 0.29) is 22.6 Å². The summed E-state index contributed by atoms with van der Waals surface area (Å²) in [5.41, 5.74) is 0.654. The Morgan fingerprint density at radius 1 is 1.07 bits per heavy atom. The van der Waals surface area contributed by atoms with Crippen LogP contribution in [0.15, 0.2) is 48.5 Å². The first-order valence-electron chi connectivity index (χ1n) is 8.45. The van der Waals surface area contributed by atoms with E-state index in [2.05, 4.69) is 5.32 Å². The zero-order valence-electron chi connectivity index (χ0n) is 14.8. The Balaban J connectivity index is 1.75. The highest BCUT2D eigenvalue weighted by atomic mass is 35.5. The van der Waals surface area contributed by atoms with Gasteiger partial charge in [-0.1, -0.05) is 23.7 Å². The van der Waals surface area contributed by atoms with Gasteiger partial charge in [-0.3, -0.25) is 0 Å². The van der Waals surface area contributed by atoms with Crippen LogP contribution in [0.3, 0.4) is 0 Å². The molecule has 1 aliphatic rings. The van der Waals surface area contributed by atoms with Crippen LogP contribution in [0, 0.1) is 11.3 Å². The van der Waals surface area contributed by atoms with Gasteiger partial charge >= 0.3 is 12.1 Å². The van der Waals surface area contributed by atoms with Crippen LogP contribution >= 0.6 is 11.6 Å². The van der Waals surface area contributed by atoms with Gasteiger partial charge in [-0.25, -0.2) is 4.79 Å². The van der Waals surface area contributed by atoms with Crippen molar-refractivity contribution in [1.29, 1.82) is 5.26 Å². The number of nitriles is 1. The van der Waals surface area contributed by atoms with Crippen molar-refractivity contribution in [1.82, 2.24) is 0 Å². The summed E-state index contributed by atoms with van der Waals surface area (Å²) in [6.07, 6.45) is -4.56. The maximum Gasteiger partial charge on any atom is 0.417 e. The summed E-state index contributed by atoms with van der Waals surface area (Å²) >= 11 is 5.81. The highest BCUT2D eigenvalue weighted by Crippen LogP contribution is 2.46. The predicted octanol–water partition coefficient (Wildman–Crippen LogP) is 6.44. The zero-order chi connectivity index (χ0) is 21.6. The van der Waals surface area contributed by atoms with Gasteiger partial charge in [0, 0.05) is 6.07 Å². The van der Waals surface area contributed by atoms with Crippen molar-refractivity contribution >= 4 is 28.9 Å². The Hall–Kier alpha value is -3.70. The number of carboxylic acid groups (broad SMARTS) is 1. The standard InChI is InChI=1S/C21H10ClF3N2O3/c22-15-7-11(1-3-14(15)21(23,24)25)12-2-4-17-16(8-12)27-19-13(20(28)29)5-10(9-26)6-18(19)30-17/h1-8,27H,(H,28,29). The Bertz CT molecular complexity index is 1250. The van der Waals surface area contributed by atoms with Crippen molar-refractivity contribution in [2.45, 2.75) is 6.18 Å². The molecule has 0 spiro atoms. The Morgan fingerprint density at radius 3 is 2.40 bits per heavy atom. The van der Waals surface area contributed by atoms with Crippen LogP contribution in [0.4, 0.5) is 24.5 Å². The third-order valence-corrected chi connectivity index (χ3v) is 4.84. The smallest absolute Gasteiger partial charge is 0.417 e. The number of rotatable bonds is 2. The molecule has 2 N–H and O–H groups in total. The second-order valence-corrected chi connectivity index (χ2v) is 6.85.